The standard InChI is InChI=1S/C19H16N2O5S/c1-24-14-6-4-13(5-7-14)16-12-27-19(20-16)21-17(22)11-26-18(23)9-8-15-3-2-10-25-15/h2-10,12H,11H2,1H3,(H,20,21,22)/b9-8-. The summed E-state index contributed by atoms with van der Waals surface area (Å²) < 4.78 is 15.0. The molecule has 8 heteroatoms. The minimum atomic E-state index is -0.639. The van der Waals surface area contributed by atoms with Crippen LogP contribution in [0.2, 0.25) is 0 Å². The molecule has 138 valence electrons. The quantitative estimate of drug-likeness (QED) is 0.494. The summed E-state index contributed by atoms with van der Waals surface area (Å²) in [4.78, 5) is 27.8. The summed E-state index contributed by atoms with van der Waals surface area (Å²) in [5.74, 6) is 0.167. The zero-order valence-corrected chi connectivity index (χ0v) is 15.2. The van der Waals surface area contributed by atoms with Crippen molar-refractivity contribution < 1.29 is 23.5 Å². The number of amides is 1. The summed E-state index contributed by atoms with van der Waals surface area (Å²) in [6.07, 6.45) is 4.14. The topological polar surface area (TPSA) is 90.7 Å². The number of anilines is 1. The second-order valence-electron chi connectivity index (χ2n) is 5.27. The molecular weight excluding hydrogens is 368 g/mol. The zero-order chi connectivity index (χ0) is 19.1. The van der Waals surface area contributed by atoms with Gasteiger partial charge >= 0.3 is 5.97 Å². The number of nitrogens with zero attached hydrogens (tertiary/aromatic N) is 1. The number of esters is 1. The van der Waals surface area contributed by atoms with Gasteiger partial charge in [0.05, 0.1) is 19.1 Å². The van der Waals surface area contributed by atoms with E-state index in [4.69, 9.17) is 13.9 Å². The monoisotopic (exact) mass is 384 g/mol. The number of carbonyl (C=O) groups is 2. The Morgan fingerprint density at radius 2 is 2.07 bits per heavy atom. The van der Waals surface area contributed by atoms with Crippen molar-refractivity contribution >= 4 is 34.4 Å². The number of benzene rings is 1. The first-order valence-electron chi connectivity index (χ1n) is 7.92. The number of hydrogen-bond donors (Lipinski definition) is 1. The van der Waals surface area contributed by atoms with Crippen LogP contribution < -0.4 is 10.1 Å². The van der Waals surface area contributed by atoms with Crippen molar-refractivity contribution in [2.75, 3.05) is 19.0 Å². The zero-order valence-electron chi connectivity index (χ0n) is 14.4. The van der Waals surface area contributed by atoms with Gasteiger partial charge in [-0.15, -0.1) is 11.3 Å². The van der Waals surface area contributed by atoms with E-state index in [0.717, 1.165) is 17.0 Å². The Kier molecular flexibility index (Phi) is 6.01. The Morgan fingerprint density at radius 3 is 2.78 bits per heavy atom. The third kappa shape index (κ3) is 5.29. The minimum Gasteiger partial charge on any atom is -0.497 e. The molecule has 1 aromatic carbocycles. The number of rotatable bonds is 7. The van der Waals surface area contributed by atoms with Crippen LogP contribution >= 0.6 is 11.3 Å². The van der Waals surface area contributed by atoms with Gasteiger partial charge in [-0.2, -0.15) is 0 Å². The lowest BCUT2D eigenvalue weighted by atomic mass is 10.2. The summed E-state index contributed by atoms with van der Waals surface area (Å²) in [6.45, 7) is -0.404. The average Bonchev–Trinajstić information content (AvgIpc) is 3.37. The maximum Gasteiger partial charge on any atom is 0.331 e. The number of aromatic nitrogens is 1. The van der Waals surface area contributed by atoms with Gasteiger partial charge in [0.2, 0.25) is 0 Å². The Labute approximate surface area is 159 Å². The average molecular weight is 384 g/mol. The van der Waals surface area contributed by atoms with Crippen molar-refractivity contribution in [3.05, 3.63) is 59.9 Å². The van der Waals surface area contributed by atoms with E-state index >= 15 is 0 Å². The summed E-state index contributed by atoms with van der Waals surface area (Å²) >= 11 is 1.28. The lowest BCUT2D eigenvalue weighted by molar-refractivity contribution is -0.142. The molecule has 0 saturated heterocycles. The number of methoxy groups -OCH3 is 1. The van der Waals surface area contributed by atoms with Gasteiger partial charge in [-0.1, -0.05) is 0 Å². The van der Waals surface area contributed by atoms with E-state index < -0.39 is 18.5 Å². The number of furan rings is 1. The SMILES string of the molecule is COc1ccc(-c2csc(NC(=O)COC(=O)/C=C\c3ccco3)n2)cc1. The van der Waals surface area contributed by atoms with E-state index in [1.165, 1.54) is 29.8 Å². The van der Waals surface area contributed by atoms with Crippen molar-refractivity contribution in [1.82, 2.24) is 4.98 Å². The predicted octanol–water partition coefficient (Wildman–Crippen LogP) is 3.61. The van der Waals surface area contributed by atoms with E-state index in [1.807, 2.05) is 29.6 Å². The molecular formula is C19H16N2O5S. The van der Waals surface area contributed by atoms with Gasteiger partial charge in [0.25, 0.3) is 5.91 Å². The maximum absolute atomic E-state index is 11.9. The summed E-state index contributed by atoms with van der Waals surface area (Å²) in [7, 11) is 1.60. The summed E-state index contributed by atoms with van der Waals surface area (Å²) in [5, 5.41) is 4.86. The van der Waals surface area contributed by atoms with Crippen molar-refractivity contribution in [3.63, 3.8) is 0 Å². The normalized spacial score (nSPS) is 10.7. The second kappa shape index (κ2) is 8.81. The van der Waals surface area contributed by atoms with Gasteiger partial charge in [-0.3, -0.25) is 10.1 Å². The highest BCUT2D eigenvalue weighted by molar-refractivity contribution is 7.14. The van der Waals surface area contributed by atoms with Crippen molar-refractivity contribution in [3.8, 4) is 17.0 Å². The van der Waals surface area contributed by atoms with E-state index in [1.54, 1.807) is 19.2 Å². The van der Waals surface area contributed by atoms with Crippen LogP contribution in [-0.4, -0.2) is 30.6 Å². The Balaban J connectivity index is 1.49. The van der Waals surface area contributed by atoms with Gasteiger partial charge in [0, 0.05) is 17.0 Å². The molecule has 1 amide bonds. The molecule has 0 radical (unpaired) electrons. The fourth-order valence-corrected chi connectivity index (χ4v) is 2.84. The van der Waals surface area contributed by atoms with E-state index in [0.29, 0.717) is 10.9 Å². The first kappa shape index (κ1) is 18.4. The fourth-order valence-electron chi connectivity index (χ4n) is 2.10. The first-order chi connectivity index (χ1) is 13.1. The number of nitrogens with one attached hydrogen (secondary N) is 1. The van der Waals surface area contributed by atoms with Crippen molar-refractivity contribution in [1.29, 1.82) is 0 Å². The van der Waals surface area contributed by atoms with Crippen molar-refractivity contribution in [2.45, 2.75) is 0 Å². The maximum atomic E-state index is 11.9. The highest BCUT2D eigenvalue weighted by atomic mass is 32.1. The summed E-state index contributed by atoms with van der Waals surface area (Å²) in [5.41, 5.74) is 1.64. The Morgan fingerprint density at radius 1 is 1.26 bits per heavy atom. The van der Waals surface area contributed by atoms with Crippen LogP contribution in [0, 0.1) is 0 Å². The van der Waals surface area contributed by atoms with E-state index in [9.17, 15) is 9.59 Å². The molecule has 0 aliphatic carbocycles. The molecule has 3 aromatic rings. The number of carbonyl (C=O) groups excluding carboxylic acids is 2. The number of hydrogen-bond acceptors (Lipinski definition) is 7. The van der Waals surface area contributed by atoms with Crippen LogP contribution in [-0.2, 0) is 14.3 Å². The Hall–Kier alpha value is -3.39. The smallest absolute Gasteiger partial charge is 0.331 e. The van der Waals surface area contributed by atoms with Gasteiger partial charge < -0.3 is 13.9 Å². The van der Waals surface area contributed by atoms with Crippen LogP contribution in [0.5, 0.6) is 5.75 Å². The van der Waals surface area contributed by atoms with Crippen LogP contribution in [0.15, 0.2) is 58.5 Å². The summed E-state index contributed by atoms with van der Waals surface area (Å²) in [6, 6.07) is 10.8. The molecule has 0 aliphatic heterocycles. The van der Waals surface area contributed by atoms with E-state index in [2.05, 4.69) is 10.3 Å². The molecule has 0 bridgehead atoms. The highest BCUT2D eigenvalue weighted by Gasteiger charge is 2.10. The molecule has 0 saturated carbocycles. The van der Waals surface area contributed by atoms with Gasteiger partial charge in [0.1, 0.15) is 11.5 Å². The highest BCUT2D eigenvalue weighted by Crippen LogP contribution is 2.26. The fraction of sp³-hybridized carbons (Fsp3) is 0.105. The number of thiazole rings is 1. The third-order valence-electron chi connectivity index (χ3n) is 3.41. The van der Waals surface area contributed by atoms with Gasteiger partial charge in [0.15, 0.2) is 11.7 Å². The van der Waals surface area contributed by atoms with Crippen LogP contribution in [0.4, 0.5) is 5.13 Å². The van der Waals surface area contributed by atoms with Gasteiger partial charge in [-0.25, -0.2) is 9.78 Å². The molecule has 1 N–H and O–H groups in total. The largest absolute Gasteiger partial charge is 0.497 e. The molecule has 0 unspecified atom stereocenters. The predicted molar refractivity (Wildman–Crippen MR) is 101 cm³/mol. The molecule has 2 aromatic heterocycles. The van der Waals surface area contributed by atoms with Crippen LogP contribution in [0.1, 0.15) is 5.76 Å². The molecule has 7 nitrogen and oxygen atoms in total. The third-order valence-corrected chi connectivity index (χ3v) is 4.17. The molecule has 27 heavy (non-hydrogen) atoms. The Bertz CT molecular complexity index is 929. The minimum absolute atomic E-state index is 0.404. The number of ether oxygens (including phenoxy) is 2. The first-order valence-corrected chi connectivity index (χ1v) is 8.80. The molecule has 2 heterocycles. The lowest BCUT2D eigenvalue weighted by Crippen LogP contribution is -2.20. The molecule has 3 rings (SSSR count). The molecule has 0 aliphatic rings. The van der Waals surface area contributed by atoms with Crippen molar-refractivity contribution in [2.24, 2.45) is 0 Å². The molecule has 0 spiro atoms. The van der Waals surface area contributed by atoms with Crippen LogP contribution in [0.25, 0.3) is 17.3 Å². The van der Waals surface area contributed by atoms with Crippen LogP contribution in [0.3, 0.4) is 0 Å². The van der Waals surface area contributed by atoms with Gasteiger partial charge in [-0.05, 0) is 42.5 Å². The lowest BCUT2D eigenvalue weighted by Gasteiger charge is -2.02. The second-order valence-corrected chi connectivity index (χ2v) is 6.13. The molecule has 0 atom stereocenters. The molecule has 0 fully saturated rings. The van der Waals surface area contributed by atoms with E-state index in [-0.39, 0.29) is 0 Å².